The second kappa shape index (κ2) is 5.56. The maximum atomic E-state index is 5.96. The zero-order chi connectivity index (χ0) is 13.9. The third-order valence-corrected chi connectivity index (χ3v) is 4.47. The minimum atomic E-state index is 0.529. The number of hydrogen-bond donors (Lipinski definition) is 2. The monoisotopic (exact) mass is 303 g/mol. The SMILES string of the molecule is Cc1cnc(CNc2snc(N)c2-c2cccnc2)s1. The van der Waals surface area contributed by atoms with E-state index in [2.05, 4.69) is 19.7 Å². The van der Waals surface area contributed by atoms with E-state index >= 15 is 0 Å². The van der Waals surface area contributed by atoms with Crippen LogP contribution in [0.1, 0.15) is 9.88 Å². The van der Waals surface area contributed by atoms with E-state index in [-0.39, 0.29) is 0 Å². The van der Waals surface area contributed by atoms with Crippen LogP contribution in [0.5, 0.6) is 0 Å². The minimum Gasteiger partial charge on any atom is -0.382 e. The summed E-state index contributed by atoms with van der Waals surface area (Å²) in [4.78, 5) is 9.67. The van der Waals surface area contributed by atoms with Crippen LogP contribution in [-0.4, -0.2) is 14.3 Å². The van der Waals surface area contributed by atoms with Crippen LogP contribution >= 0.6 is 22.9 Å². The number of nitrogens with zero attached hydrogens (tertiary/aromatic N) is 3. The first kappa shape index (κ1) is 13.0. The van der Waals surface area contributed by atoms with Crippen molar-refractivity contribution in [2.75, 3.05) is 11.1 Å². The number of pyridine rings is 1. The van der Waals surface area contributed by atoms with E-state index in [1.165, 1.54) is 16.4 Å². The highest BCUT2D eigenvalue weighted by atomic mass is 32.1. The molecule has 3 heterocycles. The average Bonchev–Trinajstić information content (AvgIpc) is 3.03. The van der Waals surface area contributed by atoms with Crippen molar-refractivity contribution in [2.45, 2.75) is 13.5 Å². The van der Waals surface area contributed by atoms with Gasteiger partial charge in [0, 0.05) is 29.0 Å². The van der Waals surface area contributed by atoms with Crippen LogP contribution in [0.15, 0.2) is 30.7 Å². The van der Waals surface area contributed by atoms with Gasteiger partial charge in [-0.2, -0.15) is 4.37 Å². The van der Waals surface area contributed by atoms with Crippen molar-refractivity contribution in [3.05, 3.63) is 40.6 Å². The third-order valence-electron chi connectivity index (χ3n) is 2.74. The van der Waals surface area contributed by atoms with Crippen LogP contribution in [0, 0.1) is 6.92 Å². The summed E-state index contributed by atoms with van der Waals surface area (Å²) < 4.78 is 4.22. The first-order chi connectivity index (χ1) is 9.74. The normalized spacial score (nSPS) is 10.7. The Balaban J connectivity index is 1.84. The standard InChI is InChI=1S/C13H13N5S2/c1-8-5-16-10(19-8)7-17-13-11(12(14)18-20-13)9-3-2-4-15-6-9/h2-6,17H,7H2,1H3,(H2,14,18). The molecule has 0 aliphatic carbocycles. The van der Waals surface area contributed by atoms with Crippen molar-refractivity contribution in [1.82, 2.24) is 14.3 Å². The predicted octanol–water partition coefficient (Wildman–Crippen LogP) is 3.16. The number of hydrogen-bond acceptors (Lipinski definition) is 7. The lowest BCUT2D eigenvalue weighted by molar-refractivity contribution is 1.11. The minimum absolute atomic E-state index is 0.529. The van der Waals surface area contributed by atoms with Gasteiger partial charge in [-0.05, 0) is 24.5 Å². The maximum absolute atomic E-state index is 5.96. The molecule has 3 N–H and O–H groups in total. The largest absolute Gasteiger partial charge is 0.382 e. The van der Waals surface area contributed by atoms with Gasteiger partial charge in [0.25, 0.3) is 0 Å². The fraction of sp³-hybridized carbons (Fsp3) is 0.154. The maximum Gasteiger partial charge on any atom is 0.147 e. The zero-order valence-corrected chi connectivity index (χ0v) is 12.5. The number of aryl methyl sites for hydroxylation is 1. The lowest BCUT2D eigenvalue weighted by Gasteiger charge is -2.05. The van der Waals surface area contributed by atoms with E-state index in [1.54, 1.807) is 23.7 Å². The Bertz CT molecular complexity index is 705. The number of nitrogen functional groups attached to an aromatic ring is 1. The van der Waals surface area contributed by atoms with Crippen molar-refractivity contribution in [2.24, 2.45) is 0 Å². The van der Waals surface area contributed by atoms with Gasteiger partial charge in [-0.15, -0.1) is 11.3 Å². The molecule has 0 atom stereocenters. The van der Waals surface area contributed by atoms with Gasteiger partial charge in [0.05, 0.1) is 12.1 Å². The number of nitrogens with one attached hydrogen (secondary N) is 1. The van der Waals surface area contributed by atoms with Crippen molar-refractivity contribution in [3.8, 4) is 11.1 Å². The molecule has 0 radical (unpaired) electrons. The average molecular weight is 303 g/mol. The number of rotatable bonds is 4. The molecule has 0 aliphatic heterocycles. The van der Waals surface area contributed by atoms with Gasteiger partial charge < -0.3 is 11.1 Å². The van der Waals surface area contributed by atoms with Crippen LogP contribution in [0.3, 0.4) is 0 Å². The molecule has 20 heavy (non-hydrogen) atoms. The van der Waals surface area contributed by atoms with Gasteiger partial charge in [0.2, 0.25) is 0 Å². The Labute approximate surface area is 124 Å². The van der Waals surface area contributed by atoms with Gasteiger partial charge in [-0.1, -0.05) is 6.07 Å². The Morgan fingerprint density at radius 1 is 1.35 bits per heavy atom. The topological polar surface area (TPSA) is 76.7 Å². The van der Waals surface area contributed by atoms with Crippen LogP contribution in [0.4, 0.5) is 10.8 Å². The number of nitrogens with two attached hydrogens (primary N) is 1. The molecular formula is C13H13N5S2. The summed E-state index contributed by atoms with van der Waals surface area (Å²) in [5.74, 6) is 0.529. The summed E-state index contributed by atoms with van der Waals surface area (Å²) in [7, 11) is 0. The molecule has 3 aromatic rings. The molecule has 5 nitrogen and oxygen atoms in total. The summed E-state index contributed by atoms with van der Waals surface area (Å²) >= 11 is 3.04. The Morgan fingerprint density at radius 3 is 2.95 bits per heavy atom. The molecule has 0 unspecified atom stereocenters. The summed E-state index contributed by atoms with van der Waals surface area (Å²) in [6, 6.07) is 3.87. The molecule has 0 fully saturated rings. The second-order valence-electron chi connectivity index (χ2n) is 4.23. The lowest BCUT2D eigenvalue weighted by atomic mass is 10.1. The first-order valence-corrected chi connectivity index (χ1v) is 7.64. The highest BCUT2D eigenvalue weighted by molar-refractivity contribution is 7.12. The third kappa shape index (κ3) is 2.63. The summed E-state index contributed by atoms with van der Waals surface area (Å²) in [5.41, 5.74) is 7.85. The Kier molecular flexibility index (Phi) is 3.62. The zero-order valence-electron chi connectivity index (χ0n) is 10.8. The van der Waals surface area contributed by atoms with Crippen molar-refractivity contribution < 1.29 is 0 Å². The lowest BCUT2D eigenvalue weighted by Crippen LogP contribution is -1.99. The molecule has 0 bridgehead atoms. The van der Waals surface area contributed by atoms with Gasteiger partial charge in [0.15, 0.2) is 0 Å². The fourth-order valence-corrected chi connectivity index (χ4v) is 3.31. The van der Waals surface area contributed by atoms with Gasteiger partial charge in [-0.3, -0.25) is 4.98 Å². The van der Waals surface area contributed by atoms with E-state index in [4.69, 9.17) is 5.73 Å². The van der Waals surface area contributed by atoms with E-state index in [0.29, 0.717) is 12.4 Å². The molecule has 0 saturated heterocycles. The quantitative estimate of drug-likeness (QED) is 0.774. The summed E-state index contributed by atoms with van der Waals surface area (Å²) in [6.07, 6.45) is 5.41. The van der Waals surface area contributed by atoms with E-state index < -0.39 is 0 Å². The van der Waals surface area contributed by atoms with E-state index in [9.17, 15) is 0 Å². The first-order valence-electron chi connectivity index (χ1n) is 6.05. The van der Waals surface area contributed by atoms with Crippen LogP contribution < -0.4 is 11.1 Å². The molecule has 0 saturated carbocycles. The van der Waals surface area contributed by atoms with E-state index in [1.807, 2.05) is 25.3 Å². The van der Waals surface area contributed by atoms with Gasteiger partial charge in [0.1, 0.15) is 15.8 Å². The van der Waals surface area contributed by atoms with Crippen LogP contribution in [0.25, 0.3) is 11.1 Å². The highest BCUT2D eigenvalue weighted by Gasteiger charge is 2.14. The van der Waals surface area contributed by atoms with Crippen molar-refractivity contribution in [1.29, 1.82) is 0 Å². The van der Waals surface area contributed by atoms with Crippen molar-refractivity contribution in [3.63, 3.8) is 0 Å². The number of anilines is 2. The summed E-state index contributed by atoms with van der Waals surface area (Å²) in [5, 5.41) is 5.35. The molecule has 0 aromatic carbocycles. The smallest absolute Gasteiger partial charge is 0.147 e. The van der Waals surface area contributed by atoms with Crippen molar-refractivity contribution >= 4 is 33.7 Å². The Hall–Kier alpha value is -1.99. The molecule has 3 aromatic heterocycles. The fourth-order valence-electron chi connectivity index (χ4n) is 1.85. The highest BCUT2D eigenvalue weighted by Crippen LogP contribution is 2.36. The molecule has 102 valence electrons. The number of thiazole rings is 1. The molecule has 0 amide bonds. The predicted molar refractivity (Wildman–Crippen MR) is 83.9 cm³/mol. The molecule has 7 heteroatoms. The van der Waals surface area contributed by atoms with Gasteiger partial charge >= 0.3 is 0 Å². The van der Waals surface area contributed by atoms with Gasteiger partial charge in [-0.25, -0.2) is 4.98 Å². The summed E-state index contributed by atoms with van der Waals surface area (Å²) in [6.45, 7) is 2.72. The number of aromatic nitrogens is 3. The Morgan fingerprint density at radius 2 is 2.25 bits per heavy atom. The molecule has 3 rings (SSSR count). The molecule has 0 aliphatic rings. The molecule has 0 spiro atoms. The van der Waals surface area contributed by atoms with E-state index in [0.717, 1.165) is 21.1 Å². The van der Waals surface area contributed by atoms with Crippen LogP contribution in [-0.2, 0) is 6.54 Å². The molecular weight excluding hydrogens is 290 g/mol. The second-order valence-corrected chi connectivity index (χ2v) is 6.32. The van der Waals surface area contributed by atoms with Crippen LogP contribution in [0.2, 0.25) is 0 Å².